The van der Waals surface area contributed by atoms with Crippen LogP contribution in [0.2, 0.25) is 0 Å². The summed E-state index contributed by atoms with van der Waals surface area (Å²) in [7, 11) is 0. The van der Waals surface area contributed by atoms with Gasteiger partial charge in [-0.15, -0.1) is 11.3 Å². The average Bonchev–Trinajstić information content (AvgIpc) is 3.53. The van der Waals surface area contributed by atoms with Crippen LogP contribution >= 0.6 is 11.3 Å². The third-order valence-electron chi connectivity index (χ3n) is 4.66. The molecule has 3 heterocycles. The smallest absolute Gasteiger partial charge is 0.271 e. The molecular formula is C23H23N5O3S. The number of nitrogens with one attached hydrogen (secondary N) is 1. The summed E-state index contributed by atoms with van der Waals surface area (Å²) in [6, 6.07) is 8.13. The molecule has 1 atom stereocenters. The lowest BCUT2D eigenvalue weighted by Gasteiger charge is -2.32. The number of nitrogens with zero attached hydrogens (tertiary/aromatic N) is 4. The summed E-state index contributed by atoms with van der Waals surface area (Å²) in [5.41, 5.74) is 3.14. The molecule has 0 aliphatic carbocycles. The largest absolute Gasteiger partial charge is 0.472 e. The lowest BCUT2D eigenvalue weighted by atomic mass is 10.0. The van der Waals surface area contributed by atoms with Gasteiger partial charge in [-0.05, 0) is 51.1 Å². The number of hydrogen-bond acceptors (Lipinski definition) is 6. The summed E-state index contributed by atoms with van der Waals surface area (Å²) in [6.45, 7) is 5.69. The molecule has 164 valence electrons. The molecule has 3 aromatic heterocycles. The predicted molar refractivity (Wildman–Crippen MR) is 122 cm³/mol. The van der Waals surface area contributed by atoms with E-state index >= 15 is 0 Å². The zero-order valence-electron chi connectivity index (χ0n) is 17.9. The van der Waals surface area contributed by atoms with E-state index in [1.807, 2.05) is 55.8 Å². The van der Waals surface area contributed by atoms with Crippen molar-refractivity contribution in [2.45, 2.75) is 32.4 Å². The van der Waals surface area contributed by atoms with Gasteiger partial charge in [-0.2, -0.15) is 0 Å². The molecule has 9 heteroatoms. The topological polar surface area (TPSA) is 93.3 Å². The Kier molecular flexibility index (Phi) is 5.91. The van der Waals surface area contributed by atoms with Crippen LogP contribution in [0, 0.1) is 0 Å². The van der Waals surface area contributed by atoms with Gasteiger partial charge in [-0.1, -0.05) is 0 Å². The number of anilines is 1. The quantitative estimate of drug-likeness (QED) is 0.476. The van der Waals surface area contributed by atoms with Gasteiger partial charge in [0.15, 0.2) is 0 Å². The van der Waals surface area contributed by atoms with Crippen LogP contribution in [-0.2, 0) is 4.79 Å². The molecule has 0 aliphatic rings. The van der Waals surface area contributed by atoms with Gasteiger partial charge in [-0.25, -0.2) is 4.98 Å². The fraction of sp³-hybridized carbons (Fsp3) is 0.217. The van der Waals surface area contributed by atoms with Crippen LogP contribution in [0.1, 0.15) is 42.0 Å². The molecular weight excluding hydrogens is 426 g/mol. The van der Waals surface area contributed by atoms with Crippen molar-refractivity contribution in [3.05, 3.63) is 83.7 Å². The van der Waals surface area contributed by atoms with Crippen LogP contribution in [0.4, 0.5) is 5.69 Å². The van der Waals surface area contributed by atoms with Crippen molar-refractivity contribution in [1.82, 2.24) is 19.9 Å². The standard InChI is InChI=1S/C23H23N5O3S/c1-23(2,3)26-21(29)20(16-8-11-31-13-16)28(22(30)19-12-25-15-32-19)18-6-4-17(5-7-18)27-10-9-24-14-27/h4-15,20H,1-3H3,(H,26,29). The van der Waals surface area contributed by atoms with Crippen LogP contribution in [0.5, 0.6) is 0 Å². The number of furan rings is 1. The summed E-state index contributed by atoms with van der Waals surface area (Å²) in [6.07, 6.45) is 9.71. The first kappa shape index (κ1) is 21.5. The van der Waals surface area contributed by atoms with Crippen molar-refractivity contribution in [1.29, 1.82) is 0 Å². The maximum Gasteiger partial charge on any atom is 0.271 e. The highest BCUT2D eigenvalue weighted by Crippen LogP contribution is 2.32. The van der Waals surface area contributed by atoms with Crippen molar-refractivity contribution in [2.24, 2.45) is 0 Å². The molecule has 4 aromatic rings. The summed E-state index contributed by atoms with van der Waals surface area (Å²) in [5, 5.41) is 2.99. The highest BCUT2D eigenvalue weighted by molar-refractivity contribution is 7.11. The van der Waals surface area contributed by atoms with Gasteiger partial charge in [-0.3, -0.25) is 19.5 Å². The molecule has 0 fully saturated rings. The summed E-state index contributed by atoms with van der Waals surface area (Å²) in [4.78, 5) is 37.0. The van der Waals surface area contributed by atoms with Gasteiger partial charge in [0.05, 0.1) is 30.6 Å². The summed E-state index contributed by atoms with van der Waals surface area (Å²) < 4.78 is 7.12. The van der Waals surface area contributed by atoms with E-state index in [0.29, 0.717) is 16.1 Å². The maximum atomic E-state index is 13.6. The number of rotatable bonds is 6. The molecule has 0 aliphatic heterocycles. The maximum absolute atomic E-state index is 13.6. The summed E-state index contributed by atoms with van der Waals surface area (Å²) in [5.74, 6) is -0.631. The van der Waals surface area contributed by atoms with Crippen LogP contribution in [-0.4, -0.2) is 31.9 Å². The van der Waals surface area contributed by atoms with E-state index in [1.54, 1.807) is 24.1 Å². The first-order valence-electron chi connectivity index (χ1n) is 9.98. The van der Waals surface area contributed by atoms with Gasteiger partial charge in [0.25, 0.3) is 5.91 Å². The minimum atomic E-state index is -0.929. The average molecular weight is 450 g/mol. The van der Waals surface area contributed by atoms with E-state index in [4.69, 9.17) is 4.42 Å². The van der Waals surface area contributed by atoms with Crippen molar-refractivity contribution in [3.63, 3.8) is 0 Å². The van der Waals surface area contributed by atoms with Gasteiger partial charge < -0.3 is 14.3 Å². The SMILES string of the molecule is CC(C)(C)NC(=O)C(c1ccoc1)N(C(=O)c1cncs1)c1ccc(-n2ccnc2)cc1. The van der Waals surface area contributed by atoms with Crippen molar-refractivity contribution >= 4 is 28.8 Å². The Morgan fingerprint density at radius 3 is 2.50 bits per heavy atom. The second-order valence-electron chi connectivity index (χ2n) is 8.23. The van der Waals surface area contributed by atoms with Gasteiger partial charge in [0.1, 0.15) is 10.9 Å². The fourth-order valence-corrected chi connectivity index (χ4v) is 3.86. The normalized spacial score (nSPS) is 12.3. The summed E-state index contributed by atoms with van der Waals surface area (Å²) >= 11 is 1.22. The van der Waals surface area contributed by atoms with Crippen LogP contribution in [0.3, 0.4) is 0 Å². The first-order chi connectivity index (χ1) is 15.3. The Balaban J connectivity index is 1.80. The molecule has 0 spiro atoms. The highest BCUT2D eigenvalue weighted by atomic mass is 32.1. The molecule has 0 saturated carbocycles. The van der Waals surface area contributed by atoms with Crippen LogP contribution in [0.15, 0.2) is 77.7 Å². The monoisotopic (exact) mass is 449 g/mol. The lowest BCUT2D eigenvalue weighted by molar-refractivity contribution is -0.123. The Labute approximate surface area is 189 Å². The second kappa shape index (κ2) is 8.80. The third kappa shape index (κ3) is 4.62. The van der Waals surface area contributed by atoms with E-state index in [0.717, 1.165) is 5.69 Å². The molecule has 0 radical (unpaired) electrons. The Morgan fingerprint density at radius 1 is 1.16 bits per heavy atom. The van der Waals surface area contributed by atoms with Crippen molar-refractivity contribution < 1.29 is 14.0 Å². The van der Waals surface area contributed by atoms with E-state index < -0.39 is 11.6 Å². The number of aromatic nitrogens is 3. The minimum absolute atomic E-state index is 0.310. The molecule has 8 nitrogen and oxygen atoms in total. The number of carbonyl (C=O) groups excluding carboxylic acids is 2. The molecule has 32 heavy (non-hydrogen) atoms. The number of carbonyl (C=O) groups is 2. The number of thiazole rings is 1. The zero-order chi connectivity index (χ0) is 22.7. The Morgan fingerprint density at radius 2 is 1.94 bits per heavy atom. The molecule has 0 bridgehead atoms. The molecule has 1 N–H and O–H groups in total. The number of benzene rings is 1. The lowest BCUT2D eigenvalue weighted by Crippen LogP contribution is -2.49. The van der Waals surface area contributed by atoms with Crippen LogP contribution < -0.4 is 10.2 Å². The molecule has 0 saturated heterocycles. The molecule has 1 unspecified atom stereocenters. The van der Waals surface area contributed by atoms with Gasteiger partial charge in [0.2, 0.25) is 5.91 Å². The third-order valence-corrected chi connectivity index (χ3v) is 5.42. The van der Waals surface area contributed by atoms with Crippen molar-refractivity contribution in [2.75, 3.05) is 4.90 Å². The molecule has 4 rings (SSSR count). The van der Waals surface area contributed by atoms with E-state index in [-0.39, 0.29) is 11.8 Å². The van der Waals surface area contributed by atoms with Gasteiger partial charge in [0, 0.05) is 34.9 Å². The Bertz CT molecular complexity index is 1160. The number of hydrogen-bond donors (Lipinski definition) is 1. The number of amides is 2. The molecule has 1 aromatic carbocycles. The van der Waals surface area contributed by atoms with E-state index in [1.165, 1.54) is 35.0 Å². The predicted octanol–water partition coefficient (Wildman–Crippen LogP) is 4.22. The van der Waals surface area contributed by atoms with Crippen LogP contribution in [0.25, 0.3) is 5.69 Å². The Hall–Kier alpha value is -3.72. The van der Waals surface area contributed by atoms with E-state index in [2.05, 4.69) is 15.3 Å². The highest BCUT2D eigenvalue weighted by Gasteiger charge is 2.36. The second-order valence-corrected chi connectivity index (χ2v) is 9.11. The van der Waals surface area contributed by atoms with Gasteiger partial charge >= 0.3 is 0 Å². The zero-order valence-corrected chi connectivity index (χ0v) is 18.7. The van der Waals surface area contributed by atoms with E-state index in [9.17, 15) is 9.59 Å². The first-order valence-corrected chi connectivity index (χ1v) is 10.9. The fourth-order valence-electron chi connectivity index (χ4n) is 3.31. The molecule has 2 amide bonds. The minimum Gasteiger partial charge on any atom is -0.472 e. The van der Waals surface area contributed by atoms with Crippen molar-refractivity contribution in [3.8, 4) is 5.69 Å². The number of imidazole rings is 1.